The second-order valence-electron chi connectivity index (χ2n) is 4.27. The number of carbonyl (C=O) groups excluding carboxylic acids is 1. The molecule has 1 atom stereocenters. The van der Waals surface area contributed by atoms with E-state index in [0.29, 0.717) is 12.5 Å². The zero-order chi connectivity index (χ0) is 11.2. The van der Waals surface area contributed by atoms with Crippen molar-refractivity contribution in [2.75, 3.05) is 13.1 Å². The van der Waals surface area contributed by atoms with Gasteiger partial charge in [-0.3, -0.25) is 4.79 Å². The van der Waals surface area contributed by atoms with E-state index >= 15 is 0 Å². The lowest BCUT2D eigenvalue weighted by Crippen LogP contribution is -2.46. The molecule has 1 fully saturated rings. The minimum atomic E-state index is 0. The lowest BCUT2D eigenvalue weighted by atomic mass is 10.1. The molecule has 3 nitrogen and oxygen atoms in total. The van der Waals surface area contributed by atoms with Crippen molar-refractivity contribution in [1.29, 1.82) is 0 Å². The lowest BCUT2D eigenvalue weighted by Gasteiger charge is -2.23. The van der Waals surface area contributed by atoms with Gasteiger partial charge in [0, 0.05) is 12.6 Å². The molecule has 0 aliphatic carbocycles. The number of rotatable bonds is 3. The van der Waals surface area contributed by atoms with Gasteiger partial charge in [-0.05, 0) is 24.9 Å². The van der Waals surface area contributed by atoms with Gasteiger partial charge >= 0.3 is 0 Å². The minimum absolute atomic E-state index is 0. The second kappa shape index (κ2) is 7.30. The number of halogens is 1. The summed E-state index contributed by atoms with van der Waals surface area (Å²) in [5.74, 6) is 0.125. The van der Waals surface area contributed by atoms with Crippen LogP contribution in [0.1, 0.15) is 18.4 Å². The van der Waals surface area contributed by atoms with Crippen LogP contribution in [0.5, 0.6) is 0 Å². The van der Waals surface area contributed by atoms with Gasteiger partial charge in [-0.1, -0.05) is 30.3 Å². The van der Waals surface area contributed by atoms with Crippen LogP contribution in [0.25, 0.3) is 0 Å². The van der Waals surface area contributed by atoms with E-state index in [2.05, 4.69) is 10.6 Å². The van der Waals surface area contributed by atoms with Crippen molar-refractivity contribution in [1.82, 2.24) is 10.6 Å². The first kappa shape index (κ1) is 14.0. The minimum Gasteiger partial charge on any atom is -0.352 e. The van der Waals surface area contributed by atoms with Crippen LogP contribution >= 0.6 is 12.4 Å². The molecule has 0 saturated carbocycles. The molecule has 0 unspecified atom stereocenters. The summed E-state index contributed by atoms with van der Waals surface area (Å²) in [6.07, 6.45) is 2.72. The molecular formula is C13H19ClN2O. The van der Waals surface area contributed by atoms with E-state index in [-0.39, 0.29) is 18.3 Å². The maximum atomic E-state index is 11.7. The Balaban J connectivity index is 0.00000144. The molecule has 4 heteroatoms. The fourth-order valence-electron chi connectivity index (χ4n) is 2.03. The summed E-state index contributed by atoms with van der Waals surface area (Å²) in [6, 6.07) is 10.2. The molecule has 2 N–H and O–H groups in total. The Morgan fingerprint density at radius 2 is 2.12 bits per heavy atom. The summed E-state index contributed by atoms with van der Waals surface area (Å²) < 4.78 is 0. The van der Waals surface area contributed by atoms with Gasteiger partial charge < -0.3 is 10.6 Å². The molecule has 0 radical (unpaired) electrons. The second-order valence-corrected chi connectivity index (χ2v) is 4.27. The van der Waals surface area contributed by atoms with E-state index in [4.69, 9.17) is 0 Å². The molecule has 1 aliphatic rings. The first-order valence-corrected chi connectivity index (χ1v) is 5.88. The van der Waals surface area contributed by atoms with Crippen molar-refractivity contribution in [3.05, 3.63) is 35.9 Å². The van der Waals surface area contributed by atoms with Gasteiger partial charge in [0.2, 0.25) is 5.91 Å². The average Bonchev–Trinajstić information content (AvgIpc) is 2.31. The van der Waals surface area contributed by atoms with Gasteiger partial charge in [-0.25, -0.2) is 0 Å². The van der Waals surface area contributed by atoms with Crippen LogP contribution in [0.4, 0.5) is 0 Å². The number of hydrogen-bond donors (Lipinski definition) is 2. The predicted octanol–water partition coefficient (Wildman–Crippen LogP) is 1.52. The Morgan fingerprint density at radius 1 is 1.35 bits per heavy atom. The number of benzene rings is 1. The predicted molar refractivity (Wildman–Crippen MR) is 71.4 cm³/mol. The van der Waals surface area contributed by atoms with Gasteiger partial charge in [0.25, 0.3) is 0 Å². The number of amides is 1. The van der Waals surface area contributed by atoms with Crippen molar-refractivity contribution in [3.63, 3.8) is 0 Å². The Morgan fingerprint density at radius 3 is 2.76 bits per heavy atom. The molecule has 1 aromatic carbocycles. The molecule has 1 amide bonds. The SMILES string of the molecule is Cl.O=C(Cc1ccccc1)N[C@H]1CCCNC1. The van der Waals surface area contributed by atoms with E-state index in [1.807, 2.05) is 30.3 Å². The Hall–Kier alpha value is -1.06. The lowest BCUT2D eigenvalue weighted by molar-refractivity contribution is -0.121. The molecular weight excluding hydrogens is 236 g/mol. The molecule has 0 bridgehead atoms. The summed E-state index contributed by atoms with van der Waals surface area (Å²) in [4.78, 5) is 11.7. The zero-order valence-electron chi connectivity index (χ0n) is 9.82. The first-order valence-electron chi connectivity index (χ1n) is 5.88. The largest absolute Gasteiger partial charge is 0.352 e. The first-order chi connectivity index (χ1) is 7.84. The van der Waals surface area contributed by atoms with Crippen LogP contribution in [-0.4, -0.2) is 25.0 Å². The van der Waals surface area contributed by atoms with E-state index in [1.54, 1.807) is 0 Å². The maximum Gasteiger partial charge on any atom is 0.224 e. The van der Waals surface area contributed by atoms with Gasteiger partial charge in [0.05, 0.1) is 6.42 Å². The monoisotopic (exact) mass is 254 g/mol. The fourth-order valence-corrected chi connectivity index (χ4v) is 2.03. The standard InChI is InChI=1S/C13H18N2O.ClH/c16-13(9-11-5-2-1-3-6-11)15-12-7-4-8-14-10-12;/h1-3,5-6,12,14H,4,7-10H2,(H,15,16);1H/t12-;/m0./s1. The number of carbonyl (C=O) groups is 1. The quantitative estimate of drug-likeness (QED) is 0.859. The molecule has 1 saturated heterocycles. The van der Waals surface area contributed by atoms with Crippen molar-refractivity contribution < 1.29 is 4.79 Å². The average molecular weight is 255 g/mol. The summed E-state index contributed by atoms with van der Waals surface area (Å²) in [5, 5.41) is 6.36. The highest BCUT2D eigenvalue weighted by molar-refractivity contribution is 5.85. The van der Waals surface area contributed by atoms with Crippen molar-refractivity contribution in [3.8, 4) is 0 Å². The third kappa shape index (κ3) is 4.75. The summed E-state index contributed by atoms with van der Waals surface area (Å²) >= 11 is 0. The van der Waals surface area contributed by atoms with Gasteiger partial charge in [-0.15, -0.1) is 12.4 Å². The fraction of sp³-hybridized carbons (Fsp3) is 0.462. The van der Waals surface area contributed by atoms with Crippen LogP contribution in [0, 0.1) is 0 Å². The third-order valence-corrected chi connectivity index (χ3v) is 2.87. The van der Waals surface area contributed by atoms with Crippen LogP contribution in [0.3, 0.4) is 0 Å². The smallest absolute Gasteiger partial charge is 0.224 e. The normalized spacial score (nSPS) is 19.2. The van der Waals surface area contributed by atoms with Crippen molar-refractivity contribution in [2.45, 2.75) is 25.3 Å². The van der Waals surface area contributed by atoms with E-state index in [0.717, 1.165) is 31.5 Å². The molecule has 1 aliphatic heterocycles. The summed E-state index contributed by atoms with van der Waals surface area (Å²) in [6.45, 7) is 1.98. The molecule has 94 valence electrons. The molecule has 1 heterocycles. The highest BCUT2D eigenvalue weighted by Gasteiger charge is 2.14. The summed E-state index contributed by atoms with van der Waals surface area (Å²) in [5.41, 5.74) is 1.07. The van der Waals surface area contributed by atoms with E-state index < -0.39 is 0 Å². The van der Waals surface area contributed by atoms with Crippen molar-refractivity contribution >= 4 is 18.3 Å². The van der Waals surface area contributed by atoms with E-state index in [9.17, 15) is 4.79 Å². The zero-order valence-corrected chi connectivity index (χ0v) is 10.6. The van der Waals surface area contributed by atoms with Crippen LogP contribution in [0.15, 0.2) is 30.3 Å². The molecule has 0 spiro atoms. The van der Waals surface area contributed by atoms with Gasteiger partial charge in [0.1, 0.15) is 0 Å². The van der Waals surface area contributed by atoms with Gasteiger partial charge in [-0.2, -0.15) is 0 Å². The van der Waals surface area contributed by atoms with Crippen molar-refractivity contribution in [2.24, 2.45) is 0 Å². The highest BCUT2D eigenvalue weighted by atomic mass is 35.5. The molecule has 17 heavy (non-hydrogen) atoms. The van der Waals surface area contributed by atoms with Crippen LogP contribution in [0.2, 0.25) is 0 Å². The third-order valence-electron chi connectivity index (χ3n) is 2.87. The Bertz CT molecular complexity index is 337. The number of hydrogen-bond acceptors (Lipinski definition) is 2. The summed E-state index contributed by atoms with van der Waals surface area (Å²) in [7, 11) is 0. The Labute approximate surface area is 108 Å². The van der Waals surface area contributed by atoms with E-state index in [1.165, 1.54) is 0 Å². The number of nitrogens with one attached hydrogen (secondary N) is 2. The van der Waals surface area contributed by atoms with Crippen LogP contribution < -0.4 is 10.6 Å². The van der Waals surface area contributed by atoms with Crippen LogP contribution in [-0.2, 0) is 11.2 Å². The Kier molecular flexibility index (Phi) is 6.01. The maximum absolute atomic E-state index is 11.7. The highest BCUT2D eigenvalue weighted by Crippen LogP contribution is 2.03. The van der Waals surface area contributed by atoms with Gasteiger partial charge in [0.15, 0.2) is 0 Å². The molecule has 2 rings (SSSR count). The number of piperidine rings is 1. The topological polar surface area (TPSA) is 41.1 Å². The molecule has 0 aromatic heterocycles. The molecule has 1 aromatic rings.